The number of nitrogens with zero attached hydrogens (tertiary/aromatic N) is 4. The molecule has 6 heteroatoms. The van der Waals surface area contributed by atoms with E-state index >= 15 is 0 Å². The van der Waals surface area contributed by atoms with Gasteiger partial charge in [-0.15, -0.1) is 22.7 Å². The molecular weight excluding hydrogens is 1130 g/mol. The van der Waals surface area contributed by atoms with Crippen LogP contribution in [0.3, 0.4) is 0 Å². The van der Waals surface area contributed by atoms with Gasteiger partial charge in [0.25, 0.3) is 0 Å². The molecule has 2 heterocycles. The van der Waals surface area contributed by atoms with Crippen LogP contribution in [0.2, 0.25) is 0 Å². The average molecular weight is 1190 g/mol. The van der Waals surface area contributed by atoms with E-state index in [1.807, 2.05) is 22.7 Å². The Kier molecular flexibility index (Phi) is 14.3. The monoisotopic (exact) mass is 1190 g/mol. The second-order valence-electron chi connectivity index (χ2n) is 22.5. The molecule has 0 atom stereocenters. The van der Waals surface area contributed by atoms with Crippen molar-refractivity contribution < 1.29 is 0 Å². The van der Waals surface area contributed by atoms with Gasteiger partial charge in [-0.1, -0.05) is 194 Å². The molecule has 0 amide bonds. The molecule has 0 radical (unpaired) electrons. The molecule has 14 aromatic carbocycles. The van der Waals surface area contributed by atoms with Gasteiger partial charge < -0.3 is 19.6 Å². The third kappa shape index (κ3) is 10.3. The van der Waals surface area contributed by atoms with E-state index in [2.05, 4.69) is 371 Å². The van der Waals surface area contributed by atoms with Crippen molar-refractivity contribution in [2.24, 2.45) is 0 Å². The van der Waals surface area contributed by atoms with Crippen molar-refractivity contribution in [1.29, 1.82) is 0 Å². The summed E-state index contributed by atoms with van der Waals surface area (Å²) in [5, 5.41) is 5.21. The van der Waals surface area contributed by atoms with Crippen LogP contribution in [0.4, 0.5) is 68.2 Å². The molecule has 0 aliphatic carbocycles. The zero-order valence-electron chi connectivity index (χ0n) is 49.1. The highest BCUT2D eigenvalue weighted by Gasteiger charge is 2.21. The van der Waals surface area contributed by atoms with Crippen LogP contribution < -0.4 is 19.6 Å². The van der Waals surface area contributed by atoms with Gasteiger partial charge in [0.05, 0.1) is 0 Å². The third-order valence-corrected chi connectivity index (χ3v) is 19.5. The predicted octanol–water partition coefficient (Wildman–Crippen LogP) is 25.3. The Morgan fingerprint density at radius 3 is 0.644 bits per heavy atom. The molecular formula is C84H58N4S2. The van der Waals surface area contributed by atoms with E-state index in [0.29, 0.717) is 0 Å². The molecule has 0 bridgehead atoms. The molecule has 16 rings (SSSR count). The number of fused-ring (bicyclic) bond motifs is 6. The topological polar surface area (TPSA) is 13.0 Å². The van der Waals surface area contributed by atoms with Crippen molar-refractivity contribution in [1.82, 2.24) is 0 Å². The van der Waals surface area contributed by atoms with E-state index in [-0.39, 0.29) is 0 Å². The molecule has 0 fully saturated rings. The first-order valence-corrected chi connectivity index (χ1v) is 32.1. The summed E-state index contributed by atoms with van der Waals surface area (Å²) in [6.45, 7) is 0. The maximum Gasteiger partial charge on any atom is 0.0463 e. The van der Waals surface area contributed by atoms with Crippen LogP contribution >= 0.6 is 22.7 Å². The van der Waals surface area contributed by atoms with Gasteiger partial charge in [0, 0.05) is 109 Å². The number of para-hydroxylation sites is 4. The van der Waals surface area contributed by atoms with Crippen molar-refractivity contribution in [2.45, 2.75) is 0 Å². The van der Waals surface area contributed by atoms with E-state index in [4.69, 9.17) is 0 Å². The summed E-state index contributed by atoms with van der Waals surface area (Å²) in [5.41, 5.74) is 20.1. The number of anilines is 12. The van der Waals surface area contributed by atoms with E-state index in [1.165, 1.54) is 62.6 Å². The van der Waals surface area contributed by atoms with Gasteiger partial charge >= 0.3 is 0 Å². The van der Waals surface area contributed by atoms with E-state index in [9.17, 15) is 0 Å². The highest BCUT2D eigenvalue weighted by atomic mass is 32.1. The lowest BCUT2D eigenvalue weighted by molar-refractivity contribution is 1.25. The lowest BCUT2D eigenvalue weighted by atomic mass is 10.0. The Hall–Kier alpha value is -11.3. The largest absolute Gasteiger partial charge is 0.311 e. The minimum atomic E-state index is 1.06. The standard InChI is InChI=1S/C84H58N4S2/c1-5-19-63(20-6-1)85(64-21-7-2-8-22-64)71-51-55-73(56-52-71)87(69-47-39-61(40-48-69)75-29-17-31-79-77-27-13-15-33-81(77)89-83(75)79)67-43-35-59(36-44-67)60-37-45-68(46-38-60)88(74-57-53-72(54-58-74)86(65-23-9-3-10-24-65)66-25-11-4-12-26-66)70-49-41-62(42-50-70)76-30-18-32-80-78-28-14-16-34-82(78)90-84(76)80/h1-58H. The molecule has 2 aromatic heterocycles. The van der Waals surface area contributed by atoms with E-state index in [1.54, 1.807) is 0 Å². The minimum absolute atomic E-state index is 1.06. The molecule has 0 unspecified atom stereocenters. The zero-order chi connectivity index (χ0) is 59.7. The molecule has 0 spiro atoms. The van der Waals surface area contributed by atoms with Crippen LogP contribution in [-0.4, -0.2) is 0 Å². The zero-order valence-corrected chi connectivity index (χ0v) is 50.7. The summed E-state index contributed by atoms with van der Waals surface area (Å²) in [4.78, 5) is 9.35. The summed E-state index contributed by atoms with van der Waals surface area (Å²) >= 11 is 3.74. The normalized spacial score (nSPS) is 11.3. The Morgan fingerprint density at radius 1 is 0.156 bits per heavy atom. The van der Waals surface area contributed by atoms with Gasteiger partial charge in [-0.2, -0.15) is 0 Å². The number of rotatable bonds is 15. The van der Waals surface area contributed by atoms with Crippen molar-refractivity contribution in [3.05, 3.63) is 352 Å². The van der Waals surface area contributed by atoms with Crippen molar-refractivity contribution in [2.75, 3.05) is 19.6 Å². The lowest BCUT2D eigenvalue weighted by Crippen LogP contribution is -2.12. The fourth-order valence-electron chi connectivity index (χ4n) is 12.7. The van der Waals surface area contributed by atoms with Gasteiger partial charge in [0.1, 0.15) is 0 Å². The summed E-state index contributed by atoms with van der Waals surface area (Å²) < 4.78 is 5.24. The molecule has 0 saturated carbocycles. The molecule has 426 valence electrons. The molecule has 0 saturated heterocycles. The second-order valence-corrected chi connectivity index (χ2v) is 24.6. The van der Waals surface area contributed by atoms with Crippen molar-refractivity contribution >= 4 is 131 Å². The average Bonchev–Trinajstić information content (AvgIpc) is 1.78. The minimum Gasteiger partial charge on any atom is -0.311 e. The number of hydrogen-bond acceptors (Lipinski definition) is 6. The molecule has 0 aliphatic rings. The predicted molar refractivity (Wildman–Crippen MR) is 387 cm³/mol. The van der Waals surface area contributed by atoms with Crippen LogP contribution in [0.15, 0.2) is 352 Å². The Bertz CT molecular complexity index is 4720. The first-order chi connectivity index (χ1) is 44.6. The molecule has 0 aliphatic heterocycles. The van der Waals surface area contributed by atoms with Gasteiger partial charge in [-0.25, -0.2) is 0 Å². The summed E-state index contributed by atoms with van der Waals surface area (Å²) in [7, 11) is 0. The molecule has 90 heavy (non-hydrogen) atoms. The Balaban J connectivity index is 0.746. The fourth-order valence-corrected chi connectivity index (χ4v) is 15.2. The second kappa shape index (κ2) is 23.8. The van der Waals surface area contributed by atoms with Crippen molar-refractivity contribution in [3.63, 3.8) is 0 Å². The van der Waals surface area contributed by atoms with Gasteiger partial charge in [0.15, 0.2) is 0 Å². The Labute approximate surface area is 532 Å². The fraction of sp³-hybridized carbons (Fsp3) is 0. The van der Waals surface area contributed by atoms with Crippen molar-refractivity contribution in [3.8, 4) is 33.4 Å². The maximum absolute atomic E-state index is 2.37. The van der Waals surface area contributed by atoms with Crippen LogP contribution in [0, 0.1) is 0 Å². The maximum atomic E-state index is 2.37. The SMILES string of the molecule is c1ccc(N(c2ccccc2)c2ccc(N(c3ccc(-c4ccc(N(c5ccc(-c6cccc7c6sc6ccccc67)cc5)c5ccc(N(c6ccccc6)c6ccccc6)cc5)cc4)cc3)c3ccc(-c4cccc5c4sc4ccccc45)cc3)cc2)cc1. The highest BCUT2D eigenvalue weighted by molar-refractivity contribution is 7.26. The van der Waals surface area contributed by atoms with Gasteiger partial charge in [-0.3, -0.25) is 0 Å². The quantitative estimate of drug-likeness (QED) is 0.101. The van der Waals surface area contributed by atoms with Crippen LogP contribution in [0.25, 0.3) is 73.7 Å². The number of hydrogen-bond donors (Lipinski definition) is 0. The van der Waals surface area contributed by atoms with E-state index in [0.717, 1.165) is 79.4 Å². The highest BCUT2D eigenvalue weighted by Crippen LogP contribution is 2.46. The Morgan fingerprint density at radius 2 is 0.367 bits per heavy atom. The molecule has 16 aromatic rings. The van der Waals surface area contributed by atoms with E-state index < -0.39 is 0 Å². The molecule has 0 N–H and O–H groups in total. The first kappa shape index (κ1) is 54.1. The molecule has 4 nitrogen and oxygen atoms in total. The van der Waals surface area contributed by atoms with Gasteiger partial charge in [-0.05, 0) is 191 Å². The van der Waals surface area contributed by atoms with Gasteiger partial charge in [0.2, 0.25) is 0 Å². The smallest absolute Gasteiger partial charge is 0.0463 e. The van der Waals surface area contributed by atoms with Crippen LogP contribution in [0.5, 0.6) is 0 Å². The number of benzene rings is 14. The summed E-state index contributed by atoms with van der Waals surface area (Å²) in [5.74, 6) is 0. The number of thiophene rings is 2. The van der Waals surface area contributed by atoms with Crippen LogP contribution in [0.1, 0.15) is 0 Å². The summed E-state index contributed by atoms with van der Waals surface area (Å²) in [6, 6.07) is 127. The van der Waals surface area contributed by atoms with Crippen LogP contribution in [-0.2, 0) is 0 Å². The first-order valence-electron chi connectivity index (χ1n) is 30.5. The third-order valence-electron chi connectivity index (χ3n) is 17.1. The summed E-state index contributed by atoms with van der Waals surface area (Å²) in [6.07, 6.45) is 0. The lowest BCUT2D eigenvalue weighted by Gasteiger charge is -2.29.